The Hall–Kier alpha value is -2.34. The minimum absolute atomic E-state index is 0.0124. The van der Waals surface area contributed by atoms with E-state index in [0.717, 1.165) is 16.7 Å². The third-order valence-corrected chi connectivity index (χ3v) is 4.87. The highest BCUT2D eigenvalue weighted by Crippen LogP contribution is 2.27. The minimum Gasteiger partial charge on any atom is -0.409 e. The van der Waals surface area contributed by atoms with Crippen LogP contribution in [0.2, 0.25) is 0 Å². The van der Waals surface area contributed by atoms with Crippen molar-refractivity contribution < 1.29 is 17.9 Å². The second-order valence-corrected chi connectivity index (χ2v) is 7.69. The topological polar surface area (TPSA) is 72.5 Å². The van der Waals surface area contributed by atoms with Crippen LogP contribution in [0.15, 0.2) is 47.4 Å². The Morgan fingerprint density at radius 2 is 1.58 bits per heavy atom. The molecule has 6 heteroatoms. The molecule has 0 aliphatic heterocycles. The Morgan fingerprint density at radius 3 is 2.17 bits per heavy atom. The number of carbonyl (C=O) groups is 1. The summed E-state index contributed by atoms with van der Waals surface area (Å²) < 4.78 is 31.6. The van der Waals surface area contributed by atoms with Gasteiger partial charge in [0.2, 0.25) is 0 Å². The molecule has 0 fully saturated rings. The van der Waals surface area contributed by atoms with E-state index < -0.39 is 16.1 Å². The lowest BCUT2D eigenvalue weighted by atomic mass is 10.0. The maximum absolute atomic E-state index is 12.2. The molecule has 0 spiro atoms. The van der Waals surface area contributed by atoms with E-state index in [0.29, 0.717) is 5.75 Å². The van der Waals surface area contributed by atoms with Crippen LogP contribution in [0, 0.1) is 13.8 Å². The number of benzene rings is 2. The Morgan fingerprint density at radius 1 is 1.00 bits per heavy atom. The van der Waals surface area contributed by atoms with E-state index in [9.17, 15) is 13.2 Å². The van der Waals surface area contributed by atoms with Crippen molar-refractivity contribution >= 4 is 16.1 Å². The van der Waals surface area contributed by atoms with Crippen molar-refractivity contribution in [1.29, 1.82) is 0 Å². The predicted octanol–water partition coefficient (Wildman–Crippen LogP) is 3.90. The fourth-order valence-corrected chi connectivity index (χ4v) is 3.09. The number of sulfonamides is 1. The van der Waals surface area contributed by atoms with E-state index in [1.165, 1.54) is 12.1 Å². The van der Waals surface area contributed by atoms with Gasteiger partial charge in [-0.2, -0.15) is 0 Å². The Labute approximate surface area is 142 Å². The zero-order chi connectivity index (χ0) is 17.9. The molecular formula is C18H21NO4S. The summed E-state index contributed by atoms with van der Waals surface area (Å²) in [4.78, 5) is 12.1. The lowest BCUT2D eigenvalue weighted by Gasteiger charge is -2.14. The lowest BCUT2D eigenvalue weighted by molar-refractivity contribution is 0.206. The fraction of sp³-hybridized carbons (Fsp3) is 0.278. The molecule has 0 aromatic heterocycles. The number of rotatable bonds is 4. The number of carbonyl (C=O) groups excluding carboxylic acids is 1. The molecule has 0 saturated heterocycles. The highest BCUT2D eigenvalue weighted by molar-refractivity contribution is 7.90. The predicted molar refractivity (Wildman–Crippen MR) is 92.8 cm³/mol. The molecule has 0 heterocycles. The maximum atomic E-state index is 12.2. The van der Waals surface area contributed by atoms with Gasteiger partial charge in [0.25, 0.3) is 10.0 Å². The average Bonchev–Trinajstić information content (AvgIpc) is 2.46. The Kier molecular flexibility index (Phi) is 5.29. The van der Waals surface area contributed by atoms with Crippen LogP contribution in [0.25, 0.3) is 0 Å². The summed E-state index contributed by atoms with van der Waals surface area (Å²) in [6.07, 6.45) is -1.02. The number of ether oxygens (including phenoxy) is 1. The number of hydrogen-bond acceptors (Lipinski definition) is 4. The van der Waals surface area contributed by atoms with E-state index in [2.05, 4.69) is 0 Å². The van der Waals surface area contributed by atoms with Gasteiger partial charge in [-0.3, -0.25) is 0 Å². The molecule has 0 aliphatic carbocycles. The van der Waals surface area contributed by atoms with Gasteiger partial charge >= 0.3 is 6.09 Å². The van der Waals surface area contributed by atoms with E-state index in [1.54, 1.807) is 18.2 Å². The summed E-state index contributed by atoms with van der Waals surface area (Å²) in [5.74, 6) is 0.503. The molecule has 1 amide bonds. The van der Waals surface area contributed by atoms with Crippen LogP contribution in [0.1, 0.15) is 36.5 Å². The monoisotopic (exact) mass is 347 g/mol. The molecule has 2 aromatic rings. The standard InChI is InChI=1S/C18H21NO4S/c1-12(2)16-10-7-14(4)11-17(16)23-18(20)19-24(21,22)15-8-5-13(3)6-9-15/h5-12H,1-4H3,(H,19,20). The number of amides is 1. The van der Waals surface area contributed by atoms with Crippen LogP contribution in [-0.2, 0) is 10.0 Å². The molecule has 2 aromatic carbocycles. The van der Waals surface area contributed by atoms with Crippen molar-refractivity contribution in [3.05, 3.63) is 59.2 Å². The quantitative estimate of drug-likeness (QED) is 0.910. The smallest absolute Gasteiger partial charge is 0.409 e. The molecule has 0 radical (unpaired) electrons. The van der Waals surface area contributed by atoms with E-state index in [4.69, 9.17) is 4.74 Å². The van der Waals surface area contributed by atoms with Gasteiger partial charge in [0.05, 0.1) is 4.90 Å². The van der Waals surface area contributed by atoms with E-state index in [1.807, 2.05) is 44.5 Å². The molecule has 0 unspecified atom stereocenters. The largest absolute Gasteiger partial charge is 0.426 e. The molecule has 2 rings (SSSR count). The van der Waals surface area contributed by atoms with E-state index >= 15 is 0 Å². The summed E-state index contributed by atoms with van der Waals surface area (Å²) in [5.41, 5.74) is 2.69. The number of hydrogen-bond donors (Lipinski definition) is 1. The highest BCUT2D eigenvalue weighted by atomic mass is 32.2. The fourth-order valence-electron chi connectivity index (χ4n) is 2.21. The van der Waals surface area contributed by atoms with Crippen LogP contribution < -0.4 is 9.46 Å². The third-order valence-electron chi connectivity index (χ3n) is 3.54. The number of nitrogens with one attached hydrogen (secondary N) is 1. The normalized spacial score (nSPS) is 11.4. The van der Waals surface area contributed by atoms with Crippen LogP contribution in [0.5, 0.6) is 5.75 Å². The third kappa shape index (κ3) is 4.35. The van der Waals surface area contributed by atoms with Gasteiger partial charge in [-0.1, -0.05) is 43.7 Å². The first-order chi connectivity index (χ1) is 11.2. The first-order valence-electron chi connectivity index (χ1n) is 7.61. The van der Waals surface area contributed by atoms with Gasteiger partial charge in [0.1, 0.15) is 5.75 Å². The van der Waals surface area contributed by atoms with Gasteiger partial charge in [0, 0.05) is 0 Å². The Balaban J connectivity index is 2.19. The second kappa shape index (κ2) is 7.05. The maximum Gasteiger partial charge on any atom is 0.426 e. The van der Waals surface area contributed by atoms with Crippen LogP contribution in [-0.4, -0.2) is 14.5 Å². The number of aryl methyl sites for hydroxylation is 2. The summed E-state index contributed by atoms with van der Waals surface area (Å²) in [6, 6.07) is 11.7. The van der Waals surface area contributed by atoms with Gasteiger partial charge < -0.3 is 4.74 Å². The van der Waals surface area contributed by atoms with Crippen molar-refractivity contribution in [2.24, 2.45) is 0 Å². The minimum atomic E-state index is -3.96. The summed E-state index contributed by atoms with van der Waals surface area (Å²) in [6.45, 7) is 7.66. The van der Waals surface area contributed by atoms with Crippen molar-refractivity contribution in [2.45, 2.75) is 38.5 Å². The highest BCUT2D eigenvalue weighted by Gasteiger charge is 2.20. The van der Waals surface area contributed by atoms with Crippen LogP contribution in [0.4, 0.5) is 4.79 Å². The van der Waals surface area contributed by atoms with Crippen molar-refractivity contribution in [2.75, 3.05) is 0 Å². The van der Waals surface area contributed by atoms with Gasteiger partial charge in [-0.25, -0.2) is 17.9 Å². The first kappa shape index (κ1) is 18.0. The molecule has 24 heavy (non-hydrogen) atoms. The molecule has 5 nitrogen and oxygen atoms in total. The zero-order valence-corrected chi connectivity index (χ0v) is 15.0. The lowest BCUT2D eigenvalue weighted by Crippen LogP contribution is -2.33. The summed E-state index contributed by atoms with van der Waals surface area (Å²) >= 11 is 0. The summed E-state index contributed by atoms with van der Waals surface area (Å²) in [5, 5.41) is 0. The SMILES string of the molecule is Cc1ccc(S(=O)(=O)NC(=O)Oc2cc(C)ccc2C(C)C)cc1. The van der Waals surface area contributed by atoms with Gasteiger partial charge in [0.15, 0.2) is 0 Å². The molecule has 128 valence electrons. The summed E-state index contributed by atoms with van der Waals surface area (Å²) in [7, 11) is -3.96. The molecular weight excluding hydrogens is 326 g/mol. The van der Waals surface area contributed by atoms with Crippen LogP contribution in [0.3, 0.4) is 0 Å². The Bertz CT molecular complexity index is 840. The van der Waals surface area contributed by atoms with Gasteiger partial charge in [-0.05, 0) is 49.1 Å². The molecule has 1 N–H and O–H groups in total. The van der Waals surface area contributed by atoms with E-state index in [-0.39, 0.29) is 10.8 Å². The zero-order valence-electron chi connectivity index (χ0n) is 14.2. The molecule has 0 saturated carbocycles. The molecule has 0 bridgehead atoms. The van der Waals surface area contributed by atoms with Crippen molar-refractivity contribution in [3.63, 3.8) is 0 Å². The van der Waals surface area contributed by atoms with Crippen molar-refractivity contribution in [1.82, 2.24) is 4.72 Å². The van der Waals surface area contributed by atoms with Crippen LogP contribution >= 0.6 is 0 Å². The van der Waals surface area contributed by atoms with Crippen molar-refractivity contribution in [3.8, 4) is 5.75 Å². The first-order valence-corrected chi connectivity index (χ1v) is 9.09. The van der Waals surface area contributed by atoms with Gasteiger partial charge in [-0.15, -0.1) is 0 Å². The second-order valence-electron chi connectivity index (χ2n) is 6.00. The molecule has 0 aliphatic rings. The molecule has 0 atom stereocenters. The average molecular weight is 347 g/mol.